The number of carbonyl (C=O) groups excluding carboxylic acids is 4. The van der Waals surface area contributed by atoms with Gasteiger partial charge in [0.15, 0.2) is 0 Å². The molecule has 2 aliphatic carbocycles. The highest BCUT2D eigenvalue weighted by Crippen LogP contribution is 2.51. The van der Waals surface area contributed by atoms with Crippen molar-refractivity contribution in [3.05, 3.63) is 121 Å². The van der Waals surface area contributed by atoms with Gasteiger partial charge >= 0.3 is 12.2 Å². The fourth-order valence-electron chi connectivity index (χ4n) is 9.15. The van der Waals surface area contributed by atoms with Crippen LogP contribution in [-0.4, -0.2) is 87.1 Å². The Kier molecular flexibility index (Phi) is 13.3. The molecular formula is C51H58N8O6. The van der Waals surface area contributed by atoms with E-state index in [0.29, 0.717) is 24.5 Å². The highest BCUT2D eigenvalue weighted by Gasteiger charge is 2.51. The third kappa shape index (κ3) is 10.1. The maximum atomic E-state index is 14.3. The van der Waals surface area contributed by atoms with E-state index in [9.17, 15) is 19.2 Å². The summed E-state index contributed by atoms with van der Waals surface area (Å²) in [7, 11) is 2.57. The van der Waals surface area contributed by atoms with E-state index >= 15 is 0 Å². The van der Waals surface area contributed by atoms with Crippen LogP contribution < -0.4 is 10.6 Å². The van der Waals surface area contributed by atoms with Gasteiger partial charge in [0.05, 0.1) is 50.6 Å². The molecule has 14 heteroatoms. The van der Waals surface area contributed by atoms with Gasteiger partial charge in [-0.1, -0.05) is 106 Å². The molecule has 4 amide bonds. The minimum absolute atomic E-state index is 0.0768. The molecule has 65 heavy (non-hydrogen) atoms. The molecule has 4 N–H and O–H groups in total. The second-order valence-electron chi connectivity index (χ2n) is 17.8. The van der Waals surface area contributed by atoms with Crippen molar-refractivity contribution in [1.29, 1.82) is 0 Å². The molecule has 338 valence electrons. The lowest BCUT2D eigenvalue weighted by molar-refractivity contribution is -0.138. The number of nitrogens with one attached hydrogen (secondary N) is 4. The topological polar surface area (TPSA) is 175 Å². The van der Waals surface area contributed by atoms with Crippen molar-refractivity contribution in [2.45, 2.75) is 84.0 Å². The number of ether oxygens (including phenoxy) is 2. The quantitative estimate of drug-likeness (QED) is 0.0888. The minimum atomic E-state index is -0.874. The summed E-state index contributed by atoms with van der Waals surface area (Å²) in [6.45, 7) is 7.18. The Labute approximate surface area is 379 Å². The molecule has 0 radical (unpaired) electrons. The number of benzene rings is 4. The molecule has 2 saturated carbocycles. The van der Waals surface area contributed by atoms with Gasteiger partial charge in [0.25, 0.3) is 5.91 Å². The fourth-order valence-corrected chi connectivity index (χ4v) is 9.15. The number of imidazole rings is 2. The predicted octanol–water partition coefficient (Wildman–Crippen LogP) is 9.34. The van der Waals surface area contributed by atoms with Crippen LogP contribution in [0.2, 0.25) is 0 Å². The molecule has 3 fully saturated rings. The zero-order valence-corrected chi connectivity index (χ0v) is 37.7. The lowest BCUT2D eigenvalue weighted by Crippen LogP contribution is -2.47. The van der Waals surface area contributed by atoms with E-state index in [1.54, 1.807) is 11.1 Å². The molecular weight excluding hydrogens is 821 g/mol. The smallest absolute Gasteiger partial charge is 0.407 e. The van der Waals surface area contributed by atoms with Crippen molar-refractivity contribution in [1.82, 2.24) is 40.4 Å². The van der Waals surface area contributed by atoms with Gasteiger partial charge in [-0.05, 0) is 88.6 Å². The number of fused-ring (bicyclic) bond motifs is 3. The van der Waals surface area contributed by atoms with E-state index in [0.717, 1.165) is 82.3 Å². The molecule has 6 aromatic rings. The van der Waals surface area contributed by atoms with Crippen LogP contribution in [0.15, 0.2) is 103 Å². The third-order valence-electron chi connectivity index (χ3n) is 12.8. The van der Waals surface area contributed by atoms with Crippen molar-refractivity contribution in [2.24, 2.45) is 11.3 Å². The molecule has 0 spiro atoms. The number of amides is 4. The van der Waals surface area contributed by atoms with Gasteiger partial charge in [-0.3, -0.25) is 9.59 Å². The maximum absolute atomic E-state index is 14.3. The fraction of sp³-hybridized carbons (Fsp3) is 0.373. The number of carbonyl (C=O) groups is 4. The van der Waals surface area contributed by atoms with Crippen LogP contribution in [-0.2, 0) is 25.6 Å². The second-order valence-corrected chi connectivity index (χ2v) is 17.8. The summed E-state index contributed by atoms with van der Waals surface area (Å²) in [5.41, 5.74) is 6.65. The first-order chi connectivity index (χ1) is 31.5. The van der Waals surface area contributed by atoms with Gasteiger partial charge in [-0.2, -0.15) is 0 Å². The van der Waals surface area contributed by atoms with Gasteiger partial charge in [-0.25, -0.2) is 19.6 Å². The Bertz CT molecular complexity index is 2640. The molecule has 2 aromatic heterocycles. The zero-order valence-electron chi connectivity index (χ0n) is 37.7. The molecule has 1 saturated heterocycles. The highest BCUT2D eigenvalue weighted by atomic mass is 16.5. The first kappa shape index (κ1) is 44.6. The summed E-state index contributed by atoms with van der Waals surface area (Å²) in [6.07, 6.45) is 8.55. The molecule has 4 atom stereocenters. The Balaban J connectivity index is 0.00000187. The first-order valence-corrected chi connectivity index (χ1v) is 22.5. The number of piperidine rings is 1. The SMILES string of the molecule is CCC.COC(=O)NCC(=O)N(Cc1ncc(-c2ccc3cc(-c4ccc(-c5cnc([C@@H]6[C@H]7CC[C@H](C7)N6C(=O)C(NC(=O)OC)c6ccccc6)[nH]5)cc4)ccc3c2)[nH]1)CC1(C)CC1. The Morgan fingerprint density at radius 1 is 0.800 bits per heavy atom. The first-order valence-electron chi connectivity index (χ1n) is 22.5. The number of likely N-dealkylation sites (tertiary alicyclic amines) is 1. The summed E-state index contributed by atoms with van der Waals surface area (Å²) >= 11 is 0. The van der Waals surface area contributed by atoms with Crippen LogP contribution >= 0.6 is 0 Å². The molecule has 4 aromatic carbocycles. The molecule has 1 aliphatic heterocycles. The van der Waals surface area contributed by atoms with Crippen molar-refractivity contribution in [3.8, 4) is 33.6 Å². The van der Waals surface area contributed by atoms with Crippen LogP contribution in [0.3, 0.4) is 0 Å². The standard InChI is InChI=1S/C48H50N8O6.C3H8/c1-48(19-20-48)28-55(41(57)26-51-46(59)61-2)27-40-49-24-39(52-40)35-16-15-33-21-32(13-14-34(33)22-35)29-9-11-30(12-10-29)38-25-50-44(53-38)43-36-17-18-37(23-36)56(43)45(58)42(54-47(60)62-3)31-7-5-4-6-8-31;1-3-2/h4-16,21-22,24-25,36-37,42-43H,17-20,23,26-28H2,1-3H3,(H,49,52)(H,50,53)(H,51,59)(H,54,60);3H2,1-2H3/t36-,37+,42?,43-;/m0./s1. The average Bonchev–Trinajstić information content (AvgIpc) is 3.88. The average molecular weight is 879 g/mol. The predicted molar refractivity (Wildman–Crippen MR) is 249 cm³/mol. The van der Waals surface area contributed by atoms with E-state index in [-0.39, 0.29) is 41.8 Å². The third-order valence-corrected chi connectivity index (χ3v) is 12.8. The number of nitrogens with zero attached hydrogens (tertiary/aromatic N) is 4. The van der Waals surface area contributed by atoms with Crippen LogP contribution in [0.1, 0.15) is 88.6 Å². The van der Waals surface area contributed by atoms with Gasteiger partial charge in [0, 0.05) is 18.2 Å². The largest absolute Gasteiger partial charge is 0.453 e. The van der Waals surface area contributed by atoms with E-state index in [2.05, 4.69) is 112 Å². The zero-order chi connectivity index (χ0) is 45.7. The Morgan fingerprint density at radius 2 is 1.43 bits per heavy atom. The summed E-state index contributed by atoms with van der Waals surface area (Å²) in [6, 6.07) is 29.4. The van der Waals surface area contributed by atoms with Crippen molar-refractivity contribution in [3.63, 3.8) is 0 Å². The van der Waals surface area contributed by atoms with E-state index < -0.39 is 18.2 Å². The van der Waals surface area contributed by atoms with Crippen LogP contribution in [0.5, 0.6) is 0 Å². The monoisotopic (exact) mass is 878 g/mol. The van der Waals surface area contributed by atoms with Crippen LogP contribution in [0, 0.1) is 11.3 Å². The molecule has 3 aliphatic rings. The number of aromatic amines is 2. The number of rotatable bonds is 13. The van der Waals surface area contributed by atoms with E-state index in [1.807, 2.05) is 41.4 Å². The molecule has 9 rings (SSSR count). The Morgan fingerprint density at radius 3 is 2.12 bits per heavy atom. The van der Waals surface area contributed by atoms with Crippen LogP contribution in [0.4, 0.5) is 9.59 Å². The van der Waals surface area contributed by atoms with Crippen molar-refractivity contribution >= 4 is 34.8 Å². The van der Waals surface area contributed by atoms with Crippen molar-refractivity contribution in [2.75, 3.05) is 27.3 Å². The summed E-state index contributed by atoms with van der Waals surface area (Å²) < 4.78 is 9.53. The van der Waals surface area contributed by atoms with Crippen molar-refractivity contribution < 1.29 is 28.7 Å². The Hall–Kier alpha value is -6.96. The minimum Gasteiger partial charge on any atom is -0.453 e. The van der Waals surface area contributed by atoms with Gasteiger partial charge in [0.1, 0.15) is 24.2 Å². The molecule has 1 unspecified atom stereocenters. The van der Waals surface area contributed by atoms with Gasteiger partial charge in [-0.15, -0.1) is 0 Å². The molecule has 2 bridgehead atoms. The van der Waals surface area contributed by atoms with Crippen LogP contribution in [0.25, 0.3) is 44.4 Å². The summed E-state index contributed by atoms with van der Waals surface area (Å²) in [5.74, 6) is 1.34. The maximum Gasteiger partial charge on any atom is 0.407 e. The number of hydrogen-bond acceptors (Lipinski definition) is 8. The number of hydrogen-bond donors (Lipinski definition) is 4. The van der Waals surface area contributed by atoms with Gasteiger partial charge in [0.2, 0.25) is 5.91 Å². The normalized spacial score (nSPS) is 18.3. The van der Waals surface area contributed by atoms with Gasteiger partial charge < -0.3 is 39.9 Å². The number of H-pyrrole nitrogens is 2. The lowest BCUT2D eigenvalue weighted by Gasteiger charge is -2.36. The number of aromatic nitrogens is 4. The summed E-state index contributed by atoms with van der Waals surface area (Å²) in [4.78, 5) is 71.4. The number of alkyl carbamates (subject to hydrolysis) is 2. The van der Waals surface area contributed by atoms with E-state index in [1.165, 1.54) is 20.6 Å². The lowest BCUT2D eigenvalue weighted by atomic mass is 9.96. The second kappa shape index (κ2) is 19.4. The number of methoxy groups -OCH3 is 2. The van der Waals surface area contributed by atoms with E-state index in [4.69, 9.17) is 9.72 Å². The highest BCUT2D eigenvalue weighted by molar-refractivity contribution is 5.91. The summed E-state index contributed by atoms with van der Waals surface area (Å²) in [5, 5.41) is 7.45. The molecule has 3 heterocycles. The molecule has 14 nitrogen and oxygen atoms in total.